The Balaban J connectivity index is 0.00000180. The molecule has 108 valence electrons. The number of halogens is 2. The molecule has 0 spiro atoms. The second kappa shape index (κ2) is 7.92. The average Bonchev–Trinajstić information content (AvgIpc) is 2.83. The van der Waals surface area contributed by atoms with E-state index in [1.54, 1.807) is 6.07 Å². The highest BCUT2D eigenvalue weighted by Gasteiger charge is 2.24. The third kappa shape index (κ3) is 4.51. The fraction of sp³-hybridized carbons (Fsp3) is 0.615. The lowest BCUT2D eigenvalue weighted by molar-refractivity contribution is 0.0689. The Morgan fingerprint density at radius 1 is 1.53 bits per heavy atom. The van der Waals surface area contributed by atoms with Gasteiger partial charge in [0.25, 0.3) is 5.91 Å². The second-order valence-corrected chi connectivity index (χ2v) is 5.46. The number of likely N-dealkylation sites (tertiary alicyclic amines) is 1. The lowest BCUT2D eigenvalue weighted by Gasteiger charge is -2.31. The van der Waals surface area contributed by atoms with Crippen molar-refractivity contribution in [2.24, 2.45) is 5.92 Å². The molecule has 4 nitrogen and oxygen atoms in total. The lowest BCUT2D eigenvalue weighted by Crippen LogP contribution is -2.40. The molecule has 1 aromatic heterocycles. The number of hydrogen-bond acceptors (Lipinski definition) is 3. The molecule has 1 amide bonds. The third-order valence-electron chi connectivity index (χ3n) is 3.40. The molecule has 1 aliphatic heterocycles. The van der Waals surface area contributed by atoms with Crippen molar-refractivity contribution >= 4 is 34.2 Å². The summed E-state index contributed by atoms with van der Waals surface area (Å²) in [5.41, 5.74) is 0.631. The maximum atomic E-state index is 12.2. The van der Waals surface area contributed by atoms with Gasteiger partial charge in [-0.2, -0.15) is 0 Å². The molecule has 0 bridgehead atoms. The summed E-state index contributed by atoms with van der Waals surface area (Å²) in [6.45, 7) is 5.89. The second-order valence-electron chi connectivity index (χ2n) is 4.68. The van der Waals surface area contributed by atoms with Crippen LogP contribution in [-0.2, 0) is 0 Å². The molecule has 0 unspecified atom stereocenters. The van der Waals surface area contributed by atoms with Gasteiger partial charge in [-0.1, -0.05) is 6.92 Å². The maximum absolute atomic E-state index is 12.2. The molecule has 0 saturated carbocycles. The third-order valence-corrected chi connectivity index (χ3v) is 3.81. The van der Waals surface area contributed by atoms with Crippen molar-refractivity contribution in [3.05, 3.63) is 22.6 Å². The predicted octanol–water partition coefficient (Wildman–Crippen LogP) is 2.93. The molecule has 1 aliphatic rings. The summed E-state index contributed by atoms with van der Waals surface area (Å²) >= 11 is 3.22. The largest absolute Gasteiger partial charge is 0.457 e. The topological polar surface area (TPSA) is 45.5 Å². The minimum Gasteiger partial charge on any atom is -0.457 e. The molecule has 0 atom stereocenters. The molecule has 0 radical (unpaired) electrons. The van der Waals surface area contributed by atoms with E-state index in [-0.39, 0.29) is 18.3 Å². The number of amides is 1. The standard InChI is InChI=1S/C13H19BrN2O2.ClH/c1-2-15-8-10-3-5-16(6-4-10)13(17)11-7-12(14)18-9-11;/h7,9-10,15H,2-6,8H2,1H3;1H. The Morgan fingerprint density at radius 3 is 2.74 bits per heavy atom. The van der Waals surface area contributed by atoms with Gasteiger partial charge in [0.1, 0.15) is 6.26 Å². The number of nitrogens with one attached hydrogen (secondary N) is 1. The highest BCUT2D eigenvalue weighted by atomic mass is 79.9. The van der Waals surface area contributed by atoms with Gasteiger partial charge in [-0.3, -0.25) is 4.79 Å². The van der Waals surface area contributed by atoms with Crippen molar-refractivity contribution in [2.45, 2.75) is 19.8 Å². The first-order valence-electron chi connectivity index (χ1n) is 6.44. The fourth-order valence-corrected chi connectivity index (χ4v) is 2.63. The van der Waals surface area contributed by atoms with Crippen LogP contribution in [-0.4, -0.2) is 37.0 Å². The summed E-state index contributed by atoms with van der Waals surface area (Å²) in [6.07, 6.45) is 3.67. The zero-order valence-electron chi connectivity index (χ0n) is 11.0. The Morgan fingerprint density at radius 2 is 2.21 bits per heavy atom. The normalized spacial score (nSPS) is 16.2. The van der Waals surface area contributed by atoms with Crippen molar-refractivity contribution in [3.63, 3.8) is 0 Å². The maximum Gasteiger partial charge on any atom is 0.257 e. The van der Waals surface area contributed by atoms with Crippen molar-refractivity contribution < 1.29 is 9.21 Å². The summed E-state index contributed by atoms with van der Waals surface area (Å²) < 4.78 is 5.71. The van der Waals surface area contributed by atoms with E-state index < -0.39 is 0 Å². The van der Waals surface area contributed by atoms with E-state index in [0.717, 1.165) is 39.0 Å². The van der Waals surface area contributed by atoms with E-state index in [9.17, 15) is 4.79 Å². The van der Waals surface area contributed by atoms with E-state index in [1.165, 1.54) is 6.26 Å². The van der Waals surface area contributed by atoms with Crippen molar-refractivity contribution in [1.29, 1.82) is 0 Å². The summed E-state index contributed by atoms with van der Waals surface area (Å²) in [7, 11) is 0. The molecule has 0 aromatic carbocycles. The van der Waals surface area contributed by atoms with Crippen LogP contribution in [0.5, 0.6) is 0 Å². The van der Waals surface area contributed by atoms with Crippen LogP contribution >= 0.6 is 28.3 Å². The summed E-state index contributed by atoms with van der Waals surface area (Å²) in [5, 5.41) is 3.37. The van der Waals surface area contributed by atoms with Crippen LogP contribution in [0.1, 0.15) is 30.1 Å². The van der Waals surface area contributed by atoms with Gasteiger partial charge < -0.3 is 14.6 Å². The highest BCUT2D eigenvalue weighted by molar-refractivity contribution is 9.10. The number of carbonyl (C=O) groups is 1. The highest BCUT2D eigenvalue weighted by Crippen LogP contribution is 2.20. The molecule has 1 fully saturated rings. The van der Waals surface area contributed by atoms with Gasteiger partial charge in [0, 0.05) is 19.2 Å². The Bertz CT molecular complexity index is 403. The van der Waals surface area contributed by atoms with Crippen LogP contribution < -0.4 is 5.32 Å². The van der Waals surface area contributed by atoms with Gasteiger partial charge in [-0.05, 0) is 47.8 Å². The zero-order chi connectivity index (χ0) is 13.0. The number of carbonyl (C=O) groups excluding carboxylic acids is 1. The van der Waals surface area contributed by atoms with E-state index in [4.69, 9.17) is 4.42 Å². The molecular formula is C13H20BrClN2O2. The monoisotopic (exact) mass is 350 g/mol. The SMILES string of the molecule is CCNCC1CCN(C(=O)c2coc(Br)c2)CC1.Cl. The zero-order valence-corrected chi connectivity index (χ0v) is 13.4. The van der Waals surface area contributed by atoms with Crippen molar-refractivity contribution in [2.75, 3.05) is 26.2 Å². The summed E-state index contributed by atoms with van der Waals surface area (Å²) in [4.78, 5) is 14.1. The quantitative estimate of drug-likeness (QED) is 0.907. The van der Waals surface area contributed by atoms with Gasteiger partial charge in [0.05, 0.1) is 5.56 Å². The van der Waals surface area contributed by atoms with E-state index in [0.29, 0.717) is 16.2 Å². The number of piperidine rings is 1. The van der Waals surface area contributed by atoms with E-state index >= 15 is 0 Å². The van der Waals surface area contributed by atoms with Gasteiger partial charge in [0.2, 0.25) is 0 Å². The van der Waals surface area contributed by atoms with Crippen LogP contribution in [0.3, 0.4) is 0 Å². The first kappa shape index (κ1) is 16.5. The summed E-state index contributed by atoms with van der Waals surface area (Å²) in [6, 6.07) is 1.73. The number of rotatable bonds is 4. The summed E-state index contributed by atoms with van der Waals surface area (Å²) in [5.74, 6) is 0.774. The van der Waals surface area contributed by atoms with Crippen LogP contribution in [0.15, 0.2) is 21.4 Å². The predicted molar refractivity (Wildman–Crippen MR) is 80.8 cm³/mol. The molecule has 1 N–H and O–H groups in total. The van der Waals surface area contributed by atoms with Gasteiger partial charge in [-0.15, -0.1) is 12.4 Å². The van der Waals surface area contributed by atoms with Gasteiger partial charge in [0.15, 0.2) is 4.67 Å². The molecule has 1 aromatic rings. The van der Waals surface area contributed by atoms with Crippen LogP contribution in [0, 0.1) is 5.92 Å². The lowest BCUT2D eigenvalue weighted by atomic mass is 9.96. The molecule has 2 rings (SSSR count). The minimum atomic E-state index is 0. The molecule has 2 heterocycles. The molecular weight excluding hydrogens is 332 g/mol. The van der Waals surface area contributed by atoms with Crippen LogP contribution in [0.4, 0.5) is 0 Å². The molecule has 1 saturated heterocycles. The van der Waals surface area contributed by atoms with E-state index in [2.05, 4.69) is 28.2 Å². The van der Waals surface area contributed by atoms with Crippen LogP contribution in [0.25, 0.3) is 0 Å². The van der Waals surface area contributed by atoms with Crippen molar-refractivity contribution in [1.82, 2.24) is 10.2 Å². The molecule has 19 heavy (non-hydrogen) atoms. The molecule has 0 aliphatic carbocycles. The van der Waals surface area contributed by atoms with Gasteiger partial charge in [-0.25, -0.2) is 0 Å². The molecule has 6 heteroatoms. The number of hydrogen-bond donors (Lipinski definition) is 1. The minimum absolute atomic E-state index is 0. The van der Waals surface area contributed by atoms with Gasteiger partial charge >= 0.3 is 0 Å². The average molecular weight is 352 g/mol. The number of furan rings is 1. The Labute approximate surface area is 128 Å². The Kier molecular flexibility index (Phi) is 6.89. The Hall–Kier alpha value is -0.520. The van der Waals surface area contributed by atoms with E-state index in [1.807, 2.05) is 4.90 Å². The smallest absolute Gasteiger partial charge is 0.257 e. The van der Waals surface area contributed by atoms with Crippen LogP contribution in [0.2, 0.25) is 0 Å². The number of nitrogens with zero attached hydrogens (tertiary/aromatic N) is 1. The van der Waals surface area contributed by atoms with Crippen molar-refractivity contribution in [3.8, 4) is 0 Å². The first-order chi connectivity index (χ1) is 8.70. The first-order valence-corrected chi connectivity index (χ1v) is 7.24. The fourth-order valence-electron chi connectivity index (χ4n) is 2.29.